The van der Waals surface area contributed by atoms with Crippen molar-refractivity contribution in [2.24, 2.45) is 0 Å². The number of anilines is 1. The van der Waals surface area contributed by atoms with Crippen LogP contribution in [-0.2, 0) is 17.9 Å². The highest BCUT2D eigenvalue weighted by atomic mass is 35.5. The summed E-state index contributed by atoms with van der Waals surface area (Å²) in [6.45, 7) is 1.67. The minimum absolute atomic E-state index is 0.0475. The first-order valence-electron chi connectivity index (χ1n) is 11.0. The highest BCUT2D eigenvalue weighted by Gasteiger charge is 2.18. The number of rotatable bonds is 6. The average Bonchev–Trinajstić information content (AvgIpc) is 3.16. The van der Waals surface area contributed by atoms with Crippen molar-refractivity contribution in [3.8, 4) is 0 Å². The van der Waals surface area contributed by atoms with Crippen LogP contribution in [-0.4, -0.2) is 25.8 Å². The van der Waals surface area contributed by atoms with E-state index in [4.69, 9.17) is 11.6 Å². The van der Waals surface area contributed by atoms with E-state index in [1.165, 1.54) is 17.8 Å². The van der Waals surface area contributed by atoms with Gasteiger partial charge in [0.1, 0.15) is 17.6 Å². The standard InChI is InChI=1S/C27H21ClN4O3/c1-17(33)18-10-12-20(13-11-18)30-24(34)15-32-23-9-5-3-7-21(23)25-26(32)27(35)31(16-29-25)14-19-6-2-4-8-22(19)28/h2-13,16H,14-15H2,1H3,(H,30,34). The molecule has 1 amide bonds. The number of fused-ring (bicyclic) bond motifs is 3. The van der Waals surface area contributed by atoms with Crippen LogP contribution in [0.15, 0.2) is 83.9 Å². The van der Waals surface area contributed by atoms with Gasteiger partial charge in [-0.15, -0.1) is 0 Å². The quantitative estimate of drug-likeness (QED) is 0.347. The summed E-state index contributed by atoms with van der Waals surface area (Å²) in [4.78, 5) is 42.6. The molecule has 0 spiro atoms. The van der Waals surface area contributed by atoms with E-state index in [9.17, 15) is 14.4 Å². The Bertz CT molecular complexity index is 1650. The van der Waals surface area contributed by atoms with E-state index >= 15 is 0 Å². The number of nitrogens with one attached hydrogen (secondary N) is 1. The molecule has 0 aliphatic carbocycles. The van der Waals surface area contributed by atoms with Crippen LogP contribution in [0.25, 0.3) is 21.9 Å². The van der Waals surface area contributed by atoms with E-state index < -0.39 is 0 Å². The highest BCUT2D eigenvalue weighted by Crippen LogP contribution is 2.26. The summed E-state index contributed by atoms with van der Waals surface area (Å²) in [5, 5.41) is 4.20. The maximum atomic E-state index is 13.6. The number of carbonyl (C=O) groups is 2. The Balaban J connectivity index is 1.54. The number of nitrogens with zero attached hydrogens (tertiary/aromatic N) is 3. The lowest BCUT2D eigenvalue weighted by Crippen LogP contribution is -2.25. The maximum Gasteiger partial charge on any atom is 0.278 e. The number of aromatic nitrogens is 3. The largest absolute Gasteiger partial charge is 0.325 e. The van der Waals surface area contributed by atoms with E-state index in [2.05, 4.69) is 10.3 Å². The van der Waals surface area contributed by atoms with Crippen LogP contribution in [0.3, 0.4) is 0 Å². The van der Waals surface area contributed by atoms with E-state index in [1.807, 2.05) is 42.5 Å². The second-order valence-electron chi connectivity index (χ2n) is 8.25. The molecular formula is C27H21ClN4O3. The fourth-order valence-corrected chi connectivity index (χ4v) is 4.36. The lowest BCUT2D eigenvalue weighted by molar-refractivity contribution is -0.116. The zero-order chi connectivity index (χ0) is 24.5. The summed E-state index contributed by atoms with van der Waals surface area (Å²) in [5.41, 5.74) is 3.30. The first-order chi connectivity index (χ1) is 16.9. The number of halogens is 1. The normalized spacial score (nSPS) is 11.1. The van der Waals surface area contributed by atoms with Crippen molar-refractivity contribution in [2.75, 3.05) is 5.32 Å². The number of carbonyl (C=O) groups excluding carboxylic acids is 2. The van der Waals surface area contributed by atoms with E-state index in [-0.39, 0.29) is 30.3 Å². The first kappa shape index (κ1) is 22.6. The minimum Gasteiger partial charge on any atom is -0.325 e. The van der Waals surface area contributed by atoms with E-state index in [1.54, 1.807) is 34.9 Å². The van der Waals surface area contributed by atoms with Gasteiger partial charge < -0.3 is 9.88 Å². The number of amides is 1. The molecule has 174 valence electrons. The monoisotopic (exact) mass is 484 g/mol. The van der Waals surface area contributed by atoms with Crippen molar-refractivity contribution < 1.29 is 9.59 Å². The third kappa shape index (κ3) is 4.34. The average molecular weight is 485 g/mol. The molecule has 2 heterocycles. The van der Waals surface area contributed by atoms with Crippen molar-refractivity contribution in [3.63, 3.8) is 0 Å². The van der Waals surface area contributed by atoms with Gasteiger partial charge in [0.05, 0.1) is 18.4 Å². The van der Waals surface area contributed by atoms with Crippen molar-refractivity contribution in [1.82, 2.24) is 14.1 Å². The molecule has 0 fully saturated rings. The number of para-hydroxylation sites is 1. The van der Waals surface area contributed by atoms with E-state index in [0.717, 1.165) is 16.5 Å². The molecule has 0 aliphatic heterocycles. The van der Waals surface area contributed by atoms with Gasteiger partial charge in [-0.05, 0) is 48.9 Å². The zero-order valence-electron chi connectivity index (χ0n) is 18.9. The number of hydrogen-bond donors (Lipinski definition) is 1. The molecule has 1 N–H and O–H groups in total. The van der Waals surface area contributed by atoms with Crippen LogP contribution in [0.2, 0.25) is 5.02 Å². The van der Waals surface area contributed by atoms with Crippen molar-refractivity contribution >= 4 is 50.9 Å². The molecule has 2 aromatic heterocycles. The molecule has 0 atom stereocenters. The van der Waals surface area contributed by atoms with Gasteiger partial charge in [-0.25, -0.2) is 4.98 Å². The van der Waals surface area contributed by atoms with Gasteiger partial charge in [-0.1, -0.05) is 48.0 Å². The molecular weight excluding hydrogens is 464 g/mol. The molecule has 3 aromatic carbocycles. The fraction of sp³-hybridized carbons (Fsp3) is 0.111. The second kappa shape index (κ2) is 9.19. The topological polar surface area (TPSA) is 86.0 Å². The van der Waals surface area contributed by atoms with Gasteiger partial charge >= 0.3 is 0 Å². The van der Waals surface area contributed by atoms with Crippen LogP contribution < -0.4 is 10.9 Å². The Morgan fingerprint density at radius 2 is 1.69 bits per heavy atom. The Morgan fingerprint density at radius 3 is 2.43 bits per heavy atom. The lowest BCUT2D eigenvalue weighted by Gasteiger charge is -2.11. The second-order valence-corrected chi connectivity index (χ2v) is 8.66. The van der Waals surface area contributed by atoms with Crippen molar-refractivity contribution in [1.29, 1.82) is 0 Å². The van der Waals surface area contributed by atoms with Crippen LogP contribution >= 0.6 is 11.6 Å². The van der Waals surface area contributed by atoms with Crippen molar-refractivity contribution in [3.05, 3.63) is 106 Å². The van der Waals surface area contributed by atoms with Crippen molar-refractivity contribution in [2.45, 2.75) is 20.0 Å². The third-order valence-corrected chi connectivity index (χ3v) is 6.28. The van der Waals surface area contributed by atoms with Crippen LogP contribution in [0.5, 0.6) is 0 Å². The molecule has 0 aliphatic rings. The van der Waals surface area contributed by atoms with Gasteiger partial charge in [-0.3, -0.25) is 19.0 Å². The van der Waals surface area contributed by atoms with Crippen LogP contribution in [0.4, 0.5) is 5.69 Å². The van der Waals surface area contributed by atoms with Gasteiger partial charge in [0.2, 0.25) is 5.91 Å². The predicted octanol–water partition coefficient (Wildman–Crippen LogP) is 4.89. The summed E-state index contributed by atoms with van der Waals surface area (Å²) in [6.07, 6.45) is 1.52. The summed E-state index contributed by atoms with van der Waals surface area (Å²) < 4.78 is 3.19. The van der Waals surface area contributed by atoms with Gasteiger partial charge in [0, 0.05) is 21.7 Å². The highest BCUT2D eigenvalue weighted by molar-refractivity contribution is 6.31. The van der Waals surface area contributed by atoms with Gasteiger partial charge in [-0.2, -0.15) is 0 Å². The summed E-state index contributed by atoms with van der Waals surface area (Å²) in [6, 6.07) is 21.5. The number of benzene rings is 3. The Hall–Kier alpha value is -4.23. The summed E-state index contributed by atoms with van der Waals surface area (Å²) >= 11 is 6.30. The predicted molar refractivity (Wildman–Crippen MR) is 137 cm³/mol. The molecule has 0 saturated carbocycles. The number of hydrogen-bond acceptors (Lipinski definition) is 4. The third-order valence-electron chi connectivity index (χ3n) is 5.91. The summed E-state index contributed by atoms with van der Waals surface area (Å²) in [7, 11) is 0. The fourth-order valence-electron chi connectivity index (χ4n) is 4.17. The van der Waals surface area contributed by atoms with Crippen LogP contribution in [0.1, 0.15) is 22.8 Å². The molecule has 0 unspecified atom stereocenters. The Labute approximate surface area is 205 Å². The van der Waals surface area contributed by atoms with Gasteiger partial charge in [0.15, 0.2) is 5.78 Å². The molecule has 0 saturated heterocycles. The molecule has 0 bridgehead atoms. The molecule has 5 aromatic rings. The zero-order valence-corrected chi connectivity index (χ0v) is 19.6. The van der Waals surface area contributed by atoms with Crippen LogP contribution in [0, 0.1) is 0 Å². The Morgan fingerprint density at radius 1 is 0.971 bits per heavy atom. The lowest BCUT2D eigenvalue weighted by atomic mass is 10.1. The molecule has 5 rings (SSSR count). The van der Waals surface area contributed by atoms with E-state index in [0.29, 0.717) is 27.3 Å². The maximum absolute atomic E-state index is 13.6. The molecule has 0 radical (unpaired) electrons. The first-order valence-corrected chi connectivity index (χ1v) is 11.4. The van der Waals surface area contributed by atoms with Gasteiger partial charge in [0.25, 0.3) is 5.56 Å². The minimum atomic E-state index is -0.302. The molecule has 8 heteroatoms. The summed E-state index contributed by atoms with van der Waals surface area (Å²) in [5.74, 6) is -0.349. The number of ketones is 1. The number of Topliss-reactive ketones (excluding diaryl/α,β-unsaturated/α-hetero) is 1. The smallest absolute Gasteiger partial charge is 0.278 e. The molecule has 35 heavy (non-hydrogen) atoms. The molecule has 7 nitrogen and oxygen atoms in total. The Kier molecular flexibility index (Phi) is 5.93. The SMILES string of the molecule is CC(=O)c1ccc(NC(=O)Cn2c3ccccc3c3ncn(Cc4ccccc4Cl)c(=O)c32)cc1.